The molecular weight excluding hydrogens is 198 g/mol. The Morgan fingerprint density at radius 2 is 1.81 bits per heavy atom. The number of hydrogen-bond acceptors (Lipinski definition) is 3. The van der Waals surface area contributed by atoms with Crippen LogP contribution in [0.25, 0.3) is 0 Å². The van der Waals surface area contributed by atoms with E-state index in [1.54, 1.807) is 0 Å². The second-order valence-electron chi connectivity index (χ2n) is 4.15. The number of rotatable bonds is 3. The lowest BCUT2D eigenvalue weighted by molar-refractivity contribution is 0.141. The van der Waals surface area contributed by atoms with Gasteiger partial charge < -0.3 is 0 Å². The van der Waals surface area contributed by atoms with Crippen molar-refractivity contribution in [1.29, 1.82) is 5.26 Å². The van der Waals surface area contributed by atoms with Crippen LogP contribution < -0.4 is 5.43 Å². The summed E-state index contributed by atoms with van der Waals surface area (Å²) >= 11 is 0. The number of benzene rings is 1. The maximum Gasteiger partial charge on any atom is 0.133 e. The summed E-state index contributed by atoms with van der Waals surface area (Å²) in [7, 11) is 0. The summed E-state index contributed by atoms with van der Waals surface area (Å²) in [6.45, 7) is 2.09. The standard InChI is InChI=1S/C13H17N3/c14-11-13(12-7-3-1-4-8-12)15-16-9-5-2-6-10-16/h1,3-4,7-8,13,15H,2,5-6,9-10H2. The van der Waals surface area contributed by atoms with Crippen molar-refractivity contribution >= 4 is 0 Å². The lowest BCUT2D eigenvalue weighted by atomic mass is 10.1. The second kappa shape index (κ2) is 5.64. The molecule has 1 atom stereocenters. The van der Waals surface area contributed by atoms with Crippen LogP contribution in [0, 0.1) is 11.3 Å². The van der Waals surface area contributed by atoms with Crippen LogP contribution in [0.4, 0.5) is 0 Å². The molecule has 1 heterocycles. The molecule has 0 amide bonds. The van der Waals surface area contributed by atoms with E-state index in [-0.39, 0.29) is 6.04 Å². The summed E-state index contributed by atoms with van der Waals surface area (Å²) < 4.78 is 0. The molecule has 16 heavy (non-hydrogen) atoms. The highest BCUT2D eigenvalue weighted by Crippen LogP contribution is 2.14. The SMILES string of the molecule is N#CC(NN1CCCCC1)c1ccccc1. The predicted molar refractivity (Wildman–Crippen MR) is 63.4 cm³/mol. The summed E-state index contributed by atoms with van der Waals surface area (Å²) in [6, 6.07) is 12.0. The first-order valence-electron chi connectivity index (χ1n) is 5.86. The van der Waals surface area contributed by atoms with Gasteiger partial charge in [0.2, 0.25) is 0 Å². The molecule has 1 aliphatic heterocycles. The van der Waals surface area contributed by atoms with E-state index in [4.69, 9.17) is 0 Å². The van der Waals surface area contributed by atoms with Crippen LogP contribution in [0.1, 0.15) is 30.9 Å². The van der Waals surface area contributed by atoms with Gasteiger partial charge in [0, 0.05) is 13.1 Å². The number of nitriles is 1. The summed E-state index contributed by atoms with van der Waals surface area (Å²) in [4.78, 5) is 0. The van der Waals surface area contributed by atoms with E-state index in [0.29, 0.717) is 0 Å². The molecule has 0 aliphatic carbocycles. The highest BCUT2D eigenvalue weighted by Gasteiger charge is 2.16. The van der Waals surface area contributed by atoms with Gasteiger partial charge in [0.1, 0.15) is 6.04 Å². The van der Waals surface area contributed by atoms with Crippen LogP contribution in [0.3, 0.4) is 0 Å². The minimum Gasteiger partial charge on any atom is -0.243 e. The quantitative estimate of drug-likeness (QED) is 0.840. The van der Waals surface area contributed by atoms with Gasteiger partial charge in [0.15, 0.2) is 0 Å². The van der Waals surface area contributed by atoms with Crippen molar-refractivity contribution in [3.05, 3.63) is 35.9 Å². The lowest BCUT2D eigenvalue weighted by Gasteiger charge is -2.29. The number of piperidine rings is 1. The van der Waals surface area contributed by atoms with Gasteiger partial charge in [-0.1, -0.05) is 36.8 Å². The Hall–Kier alpha value is -1.37. The maximum absolute atomic E-state index is 9.17. The Balaban J connectivity index is 1.98. The van der Waals surface area contributed by atoms with Gasteiger partial charge in [0.05, 0.1) is 6.07 Å². The van der Waals surface area contributed by atoms with E-state index >= 15 is 0 Å². The first-order chi connectivity index (χ1) is 7.90. The normalized spacial score (nSPS) is 18.9. The van der Waals surface area contributed by atoms with Gasteiger partial charge in [-0.2, -0.15) is 5.26 Å². The van der Waals surface area contributed by atoms with E-state index in [1.165, 1.54) is 19.3 Å². The zero-order valence-corrected chi connectivity index (χ0v) is 9.39. The number of nitrogens with zero attached hydrogens (tertiary/aromatic N) is 2. The third-order valence-corrected chi connectivity index (χ3v) is 2.93. The Bertz CT molecular complexity index is 349. The summed E-state index contributed by atoms with van der Waals surface area (Å²) in [6.07, 6.45) is 3.75. The van der Waals surface area contributed by atoms with Crippen molar-refractivity contribution in [2.45, 2.75) is 25.3 Å². The van der Waals surface area contributed by atoms with E-state index in [0.717, 1.165) is 18.7 Å². The van der Waals surface area contributed by atoms with Crippen LogP contribution >= 0.6 is 0 Å². The molecular formula is C13H17N3. The van der Waals surface area contributed by atoms with Crippen molar-refractivity contribution < 1.29 is 0 Å². The Labute approximate surface area is 96.7 Å². The van der Waals surface area contributed by atoms with E-state index in [2.05, 4.69) is 16.5 Å². The Morgan fingerprint density at radius 3 is 2.44 bits per heavy atom. The maximum atomic E-state index is 9.17. The van der Waals surface area contributed by atoms with E-state index in [1.807, 2.05) is 30.3 Å². The molecule has 3 nitrogen and oxygen atoms in total. The monoisotopic (exact) mass is 215 g/mol. The van der Waals surface area contributed by atoms with Gasteiger partial charge >= 0.3 is 0 Å². The molecule has 0 bridgehead atoms. The molecule has 1 unspecified atom stereocenters. The van der Waals surface area contributed by atoms with Crippen LogP contribution in [0.15, 0.2) is 30.3 Å². The molecule has 1 saturated heterocycles. The van der Waals surface area contributed by atoms with Crippen molar-refractivity contribution in [3.63, 3.8) is 0 Å². The number of nitrogens with one attached hydrogen (secondary N) is 1. The van der Waals surface area contributed by atoms with Gasteiger partial charge in [-0.05, 0) is 18.4 Å². The van der Waals surface area contributed by atoms with Crippen LogP contribution in [-0.4, -0.2) is 18.1 Å². The summed E-state index contributed by atoms with van der Waals surface area (Å²) in [5, 5.41) is 11.3. The third-order valence-electron chi connectivity index (χ3n) is 2.93. The molecule has 3 heteroatoms. The molecule has 0 aromatic heterocycles. The topological polar surface area (TPSA) is 39.1 Å². The molecule has 0 spiro atoms. The number of hydrogen-bond donors (Lipinski definition) is 1. The molecule has 1 aliphatic rings. The summed E-state index contributed by atoms with van der Waals surface area (Å²) in [5.74, 6) is 0. The molecule has 1 N–H and O–H groups in total. The van der Waals surface area contributed by atoms with E-state index < -0.39 is 0 Å². The van der Waals surface area contributed by atoms with Crippen LogP contribution in [-0.2, 0) is 0 Å². The molecule has 0 radical (unpaired) electrons. The summed E-state index contributed by atoms with van der Waals surface area (Å²) in [5.41, 5.74) is 4.33. The molecule has 1 fully saturated rings. The van der Waals surface area contributed by atoms with Gasteiger partial charge in [0.25, 0.3) is 0 Å². The van der Waals surface area contributed by atoms with Crippen LogP contribution in [0.5, 0.6) is 0 Å². The van der Waals surface area contributed by atoms with Crippen molar-refractivity contribution in [2.24, 2.45) is 0 Å². The van der Waals surface area contributed by atoms with Crippen molar-refractivity contribution in [2.75, 3.05) is 13.1 Å². The number of hydrazine groups is 1. The first kappa shape index (κ1) is 11.1. The Morgan fingerprint density at radius 1 is 1.12 bits per heavy atom. The fraction of sp³-hybridized carbons (Fsp3) is 0.462. The largest absolute Gasteiger partial charge is 0.243 e. The predicted octanol–water partition coefficient (Wildman–Crippen LogP) is 2.24. The molecule has 1 aromatic carbocycles. The van der Waals surface area contributed by atoms with Crippen LogP contribution in [0.2, 0.25) is 0 Å². The zero-order valence-electron chi connectivity index (χ0n) is 9.39. The van der Waals surface area contributed by atoms with Crippen molar-refractivity contribution in [1.82, 2.24) is 10.4 Å². The smallest absolute Gasteiger partial charge is 0.133 e. The average Bonchev–Trinajstić information content (AvgIpc) is 2.38. The molecule has 84 valence electrons. The fourth-order valence-electron chi connectivity index (χ4n) is 2.03. The molecule has 2 rings (SSSR count). The Kier molecular flexibility index (Phi) is 3.92. The first-order valence-corrected chi connectivity index (χ1v) is 5.86. The average molecular weight is 215 g/mol. The highest BCUT2D eigenvalue weighted by atomic mass is 15.5. The zero-order chi connectivity index (χ0) is 11.2. The second-order valence-corrected chi connectivity index (χ2v) is 4.15. The highest BCUT2D eigenvalue weighted by molar-refractivity contribution is 5.23. The minimum absolute atomic E-state index is 0.223. The van der Waals surface area contributed by atoms with Crippen molar-refractivity contribution in [3.8, 4) is 6.07 Å². The molecule has 1 aromatic rings. The van der Waals surface area contributed by atoms with Gasteiger partial charge in [-0.25, -0.2) is 10.4 Å². The van der Waals surface area contributed by atoms with Gasteiger partial charge in [-0.15, -0.1) is 0 Å². The fourth-order valence-corrected chi connectivity index (χ4v) is 2.03. The minimum atomic E-state index is -0.223. The van der Waals surface area contributed by atoms with E-state index in [9.17, 15) is 5.26 Å². The lowest BCUT2D eigenvalue weighted by Crippen LogP contribution is -2.43. The molecule has 0 saturated carbocycles. The third kappa shape index (κ3) is 2.82. The van der Waals surface area contributed by atoms with Gasteiger partial charge in [-0.3, -0.25) is 0 Å².